The number of amides is 3. The number of halogens is 1. The smallest absolute Gasteiger partial charge is 0.293 e. The van der Waals surface area contributed by atoms with Gasteiger partial charge < -0.3 is 9.88 Å². The lowest BCUT2D eigenvalue weighted by Crippen LogP contribution is -2.37. The van der Waals surface area contributed by atoms with Crippen LogP contribution in [0.2, 0.25) is 5.02 Å². The van der Waals surface area contributed by atoms with Gasteiger partial charge in [0.2, 0.25) is 5.91 Å². The van der Waals surface area contributed by atoms with Crippen LogP contribution < -0.4 is 5.32 Å². The van der Waals surface area contributed by atoms with Crippen molar-refractivity contribution < 1.29 is 14.4 Å². The lowest BCUT2D eigenvalue weighted by atomic mass is 10.2. The van der Waals surface area contributed by atoms with E-state index in [2.05, 4.69) is 15.5 Å². The number of carbonyl (C=O) groups excluding carboxylic acids is 3. The number of hydrogen-bond donors (Lipinski definition) is 1. The topological polar surface area (TPSA) is 97.2 Å². The summed E-state index contributed by atoms with van der Waals surface area (Å²) in [6.45, 7) is 2.26. The van der Waals surface area contributed by atoms with E-state index >= 15 is 0 Å². The van der Waals surface area contributed by atoms with E-state index in [-0.39, 0.29) is 35.9 Å². The van der Waals surface area contributed by atoms with Crippen molar-refractivity contribution in [3.8, 4) is 0 Å². The summed E-state index contributed by atoms with van der Waals surface area (Å²) in [5.74, 6) is 0.422. The molecule has 1 N–H and O–H groups in total. The molecule has 30 heavy (non-hydrogen) atoms. The predicted octanol–water partition coefficient (Wildman–Crippen LogP) is 2.98. The number of hydrogen-bond acceptors (Lipinski definition) is 7. The highest BCUT2D eigenvalue weighted by Gasteiger charge is 2.34. The number of benzene rings is 1. The number of rotatable bonds is 8. The lowest BCUT2D eigenvalue weighted by molar-refractivity contribution is -0.123. The molecule has 3 rings (SSSR count). The summed E-state index contributed by atoms with van der Waals surface area (Å²) in [6, 6.07) is 7.09. The van der Waals surface area contributed by atoms with Gasteiger partial charge in [-0.25, -0.2) is 0 Å². The second-order valence-corrected chi connectivity index (χ2v) is 8.65. The Morgan fingerprint density at radius 3 is 2.77 bits per heavy atom. The van der Waals surface area contributed by atoms with E-state index in [1.807, 2.05) is 18.5 Å². The second kappa shape index (κ2) is 10.1. The summed E-state index contributed by atoms with van der Waals surface area (Å²) in [6.07, 6.45) is 2.37. The standard InChI is InChI=1S/C19H20ClN5O3S2/c1-3-15-22-23-18(24(15)2)29-11-16(26)21-8-9-25-17(27)14(30-19(25)28)10-12-6-4-5-7-13(12)20/h4-7,10H,3,8-9,11H2,1-2H3,(H,21,26)/b14-10-. The van der Waals surface area contributed by atoms with Gasteiger partial charge in [-0.3, -0.25) is 19.3 Å². The summed E-state index contributed by atoms with van der Waals surface area (Å²) in [5.41, 5.74) is 0.671. The van der Waals surface area contributed by atoms with Gasteiger partial charge in [0.15, 0.2) is 5.16 Å². The minimum atomic E-state index is -0.389. The Kier molecular flexibility index (Phi) is 7.57. The van der Waals surface area contributed by atoms with E-state index in [4.69, 9.17) is 11.6 Å². The number of imide groups is 1. The number of nitrogens with one attached hydrogen (secondary N) is 1. The minimum Gasteiger partial charge on any atom is -0.354 e. The number of carbonyl (C=O) groups is 3. The molecule has 1 aromatic carbocycles. The summed E-state index contributed by atoms with van der Waals surface area (Å²) >= 11 is 8.26. The van der Waals surface area contributed by atoms with Crippen LogP contribution in [0.3, 0.4) is 0 Å². The van der Waals surface area contributed by atoms with Crippen molar-refractivity contribution in [2.45, 2.75) is 18.5 Å². The van der Waals surface area contributed by atoms with Crippen LogP contribution in [0.25, 0.3) is 6.08 Å². The molecule has 1 fully saturated rings. The molecule has 2 heterocycles. The fourth-order valence-corrected chi connectivity index (χ4v) is 4.50. The predicted molar refractivity (Wildman–Crippen MR) is 118 cm³/mol. The summed E-state index contributed by atoms with van der Waals surface area (Å²) in [5, 5.41) is 11.6. The minimum absolute atomic E-state index is 0.102. The van der Waals surface area contributed by atoms with Crippen molar-refractivity contribution in [1.82, 2.24) is 25.0 Å². The maximum absolute atomic E-state index is 12.5. The maximum atomic E-state index is 12.5. The lowest BCUT2D eigenvalue weighted by Gasteiger charge is -2.12. The molecule has 1 saturated heterocycles. The van der Waals surface area contributed by atoms with Gasteiger partial charge in [0, 0.05) is 31.6 Å². The first-order valence-electron chi connectivity index (χ1n) is 9.18. The number of aromatic nitrogens is 3. The van der Waals surface area contributed by atoms with Crippen LogP contribution in [-0.2, 0) is 23.1 Å². The first kappa shape index (κ1) is 22.4. The van der Waals surface area contributed by atoms with E-state index in [1.165, 1.54) is 11.8 Å². The normalized spacial score (nSPS) is 15.3. The van der Waals surface area contributed by atoms with Crippen molar-refractivity contribution in [1.29, 1.82) is 0 Å². The van der Waals surface area contributed by atoms with E-state index in [0.717, 1.165) is 28.9 Å². The highest BCUT2D eigenvalue weighted by atomic mass is 35.5. The number of thioether (sulfide) groups is 2. The Labute approximate surface area is 187 Å². The van der Waals surface area contributed by atoms with Crippen LogP contribution in [-0.4, -0.2) is 55.6 Å². The van der Waals surface area contributed by atoms with E-state index in [1.54, 1.807) is 30.3 Å². The van der Waals surface area contributed by atoms with Crippen molar-refractivity contribution >= 4 is 58.3 Å². The Morgan fingerprint density at radius 2 is 2.07 bits per heavy atom. The zero-order valence-electron chi connectivity index (χ0n) is 16.4. The SMILES string of the molecule is CCc1nnc(SCC(=O)NCCN2C(=O)S/C(=C\c3ccccc3Cl)C2=O)n1C. The largest absolute Gasteiger partial charge is 0.354 e. The molecule has 1 aromatic heterocycles. The third-order valence-corrected chi connectivity index (χ3v) is 6.57. The van der Waals surface area contributed by atoms with Crippen LogP contribution >= 0.6 is 35.1 Å². The Hall–Kier alpha value is -2.30. The highest BCUT2D eigenvalue weighted by molar-refractivity contribution is 8.18. The first-order valence-corrected chi connectivity index (χ1v) is 11.4. The van der Waals surface area contributed by atoms with Crippen molar-refractivity contribution in [3.63, 3.8) is 0 Å². The molecule has 2 aromatic rings. The van der Waals surface area contributed by atoms with Crippen LogP contribution in [0, 0.1) is 0 Å². The van der Waals surface area contributed by atoms with Gasteiger partial charge in [0.25, 0.3) is 11.1 Å². The molecule has 0 saturated carbocycles. The molecule has 11 heteroatoms. The highest BCUT2D eigenvalue weighted by Crippen LogP contribution is 2.33. The Balaban J connectivity index is 1.49. The maximum Gasteiger partial charge on any atom is 0.293 e. The third-order valence-electron chi connectivity index (χ3n) is 4.30. The van der Waals surface area contributed by atoms with Gasteiger partial charge in [-0.1, -0.05) is 48.5 Å². The van der Waals surface area contributed by atoms with Crippen LogP contribution in [0.5, 0.6) is 0 Å². The molecule has 0 aliphatic carbocycles. The first-order chi connectivity index (χ1) is 14.4. The molecule has 8 nitrogen and oxygen atoms in total. The van der Waals surface area contributed by atoms with Crippen LogP contribution in [0.15, 0.2) is 34.3 Å². The zero-order valence-corrected chi connectivity index (χ0v) is 18.8. The number of aryl methyl sites for hydroxylation is 1. The molecule has 0 spiro atoms. The van der Waals surface area contributed by atoms with Gasteiger partial charge in [0.05, 0.1) is 10.7 Å². The van der Waals surface area contributed by atoms with Gasteiger partial charge in [-0.2, -0.15) is 0 Å². The molecule has 1 aliphatic heterocycles. The summed E-state index contributed by atoms with van der Waals surface area (Å²) < 4.78 is 1.85. The molecular weight excluding hydrogens is 446 g/mol. The molecule has 0 unspecified atom stereocenters. The van der Waals surface area contributed by atoms with Crippen molar-refractivity contribution in [2.75, 3.05) is 18.8 Å². The van der Waals surface area contributed by atoms with Gasteiger partial charge >= 0.3 is 0 Å². The fraction of sp³-hybridized carbons (Fsp3) is 0.316. The molecule has 0 atom stereocenters. The second-order valence-electron chi connectivity index (χ2n) is 6.30. The van der Waals surface area contributed by atoms with Gasteiger partial charge in [-0.15, -0.1) is 10.2 Å². The molecule has 0 radical (unpaired) electrons. The Bertz CT molecular complexity index is 1010. The molecule has 0 bridgehead atoms. The van der Waals surface area contributed by atoms with Crippen LogP contribution in [0.4, 0.5) is 4.79 Å². The quantitative estimate of drug-likeness (QED) is 0.472. The Morgan fingerprint density at radius 1 is 1.30 bits per heavy atom. The van der Waals surface area contributed by atoms with Crippen LogP contribution in [0.1, 0.15) is 18.3 Å². The van der Waals surface area contributed by atoms with Gasteiger partial charge in [0.1, 0.15) is 5.82 Å². The van der Waals surface area contributed by atoms with E-state index in [0.29, 0.717) is 20.6 Å². The monoisotopic (exact) mass is 465 g/mol. The average molecular weight is 466 g/mol. The molecule has 1 aliphatic rings. The number of nitrogens with zero attached hydrogens (tertiary/aromatic N) is 4. The third kappa shape index (κ3) is 5.24. The fourth-order valence-electron chi connectivity index (χ4n) is 2.69. The summed E-state index contributed by atoms with van der Waals surface area (Å²) in [4.78, 5) is 38.2. The van der Waals surface area contributed by atoms with E-state index in [9.17, 15) is 14.4 Å². The van der Waals surface area contributed by atoms with Crippen molar-refractivity contribution in [3.05, 3.63) is 45.6 Å². The van der Waals surface area contributed by atoms with E-state index < -0.39 is 0 Å². The zero-order chi connectivity index (χ0) is 21.7. The van der Waals surface area contributed by atoms with Gasteiger partial charge in [-0.05, 0) is 29.5 Å². The summed E-state index contributed by atoms with van der Waals surface area (Å²) in [7, 11) is 1.86. The molecule has 3 amide bonds. The van der Waals surface area contributed by atoms with Crippen molar-refractivity contribution in [2.24, 2.45) is 7.05 Å². The molecule has 158 valence electrons. The molecular formula is C19H20ClN5O3S2. The average Bonchev–Trinajstić information content (AvgIpc) is 3.21.